The summed E-state index contributed by atoms with van der Waals surface area (Å²) >= 11 is 11.9. The van der Waals surface area contributed by atoms with E-state index in [0.29, 0.717) is 48.6 Å². The highest BCUT2D eigenvalue weighted by atomic mass is 35.5. The number of hydrogen-bond acceptors (Lipinski definition) is 7. The SMILES string of the molecule is CC(C)(C)OC(=O)CN1CC(C(=O)NC23CCC(NC(=O)COc4ccc(Cl)c(F)c4)(CC2)C3)Oc2ccc(Cl)cc21. The molecule has 2 aromatic carbocycles. The third kappa shape index (κ3) is 6.86. The molecule has 2 N–H and O–H groups in total. The molecule has 2 fully saturated rings. The van der Waals surface area contributed by atoms with Crippen LogP contribution in [0.3, 0.4) is 0 Å². The quantitative estimate of drug-likeness (QED) is 0.408. The molecular weight excluding hydrogens is 588 g/mol. The molecule has 0 saturated heterocycles. The minimum absolute atomic E-state index is 0.0241. The number of amides is 2. The highest BCUT2D eigenvalue weighted by Crippen LogP contribution is 2.50. The lowest BCUT2D eigenvalue weighted by Gasteiger charge is -2.37. The maximum Gasteiger partial charge on any atom is 0.326 e. The van der Waals surface area contributed by atoms with Gasteiger partial charge in [-0.25, -0.2) is 4.39 Å². The average molecular weight is 623 g/mol. The van der Waals surface area contributed by atoms with Gasteiger partial charge in [-0.2, -0.15) is 0 Å². The Morgan fingerprint density at radius 2 is 1.74 bits per heavy atom. The topological polar surface area (TPSA) is 106 Å². The van der Waals surface area contributed by atoms with Crippen LogP contribution in [0.5, 0.6) is 11.5 Å². The molecule has 1 aliphatic heterocycles. The van der Waals surface area contributed by atoms with E-state index in [0.717, 1.165) is 6.07 Å². The fourth-order valence-electron chi connectivity index (χ4n) is 6.08. The van der Waals surface area contributed by atoms with Gasteiger partial charge in [0.15, 0.2) is 12.7 Å². The number of rotatable bonds is 8. The van der Waals surface area contributed by atoms with Gasteiger partial charge in [0.05, 0.1) is 17.3 Å². The second-order valence-corrected chi connectivity index (χ2v) is 13.2. The van der Waals surface area contributed by atoms with Crippen LogP contribution in [-0.4, -0.2) is 60.3 Å². The Hall–Kier alpha value is -3.24. The van der Waals surface area contributed by atoms with Crippen molar-refractivity contribution in [3.8, 4) is 11.5 Å². The molecule has 1 unspecified atom stereocenters. The lowest BCUT2D eigenvalue weighted by molar-refractivity contribution is -0.153. The van der Waals surface area contributed by atoms with E-state index in [1.807, 2.05) is 0 Å². The van der Waals surface area contributed by atoms with Crippen molar-refractivity contribution in [2.75, 3.05) is 24.6 Å². The van der Waals surface area contributed by atoms with Gasteiger partial charge in [-0.1, -0.05) is 23.2 Å². The summed E-state index contributed by atoms with van der Waals surface area (Å²) in [5, 5.41) is 6.75. The van der Waals surface area contributed by atoms with Gasteiger partial charge in [0.1, 0.15) is 29.5 Å². The Morgan fingerprint density at radius 1 is 1.05 bits per heavy atom. The first-order chi connectivity index (χ1) is 19.7. The van der Waals surface area contributed by atoms with Crippen LogP contribution in [0.2, 0.25) is 10.0 Å². The molecule has 226 valence electrons. The van der Waals surface area contributed by atoms with Crippen molar-refractivity contribution in [1.82, 2.24) is 10.6 Å². The molecule has 9 nitrogen and oxygen atoms in total. The standard InChI is InChI=1S/C30H34Cl2FN3O6/c1-28(2,3)42-26(38)15-36-14-24(41-23-7-4-18(31)12-22(23)36)27(39)35-30-10-8-29(17-30,9-11-30)34-25(37)16-40-19-5-6-20(32)21(33)13-19/h4-7,12-13,24H,8-11,14-17H2,1-3H3,(H,34,37)(H,35,39). The highest BCUT2D eigenvalue weighted by molar-refractivity contribution is 6.31. The van der Waals surface area contributed by atoms with Gasteiger partial charge < -0.3 is 29.7 Å². The van der Waals surface area contributed by atoms with Crippen LogP contribution in [0.1, 0.15) is 52.9 Å². The molecule has 1 atom stereocenters. The van der Waals surface area contributed by atoms with Crippen LogP contribution in [0.25, 0.3) is 0 Å². The normalized spacial score (nSPS) is 24.4. The first-order valence-corrected chi connectivity index (χ1v) is 14.6. The fourth-order valence-corrected chi connectivity index (χ4v) is 6.36. The number of benzene rings is 2. The summed E-state index contributed by atoms with van der Waals surface area (Å²) in [6.07, 6.45) is 2.51. The smallest absolute Gasteiger partial charge is 0.326 e. The number of anilines is 1. The van der Waals surface area contributed by atoms with Crippen LogP contribution in [0.4, 0.5) is 10.1 Å². The average Bonchev–Trinajstić information content (AvgIpc) is 3.43. The third-order valence-corrected chi connectivity index (χ3v) is 8.39. The summed E-state index contributed by atoms with van der Waals surface area (Å²) in [5.41, 5.74) is -0.978. The zero-order valence-corrected chi connectivity index (χ0v) is 25.2. The molecule has 12 heteroatoms. The van der Waals surface area contributed by atoms with Gasteiger partial charge in [0.25, 0.3) is 11.8 Å². The summed E-state index contributed by atoms with van der Waals surface area (Å²) < 4.78 is 30.7. The molecule has 42 heavy (non-hydrogen) atoms. The second-order valence-electron chi connectivity index (χ2n) is 12.3. The minimum atomic E-state index is -0.867. The van der Waals surface area contributed by atoms with Crippen molar-refractivity contribution in [2.24, 2.45) is 0 Å². The van der Waals surface area contributed by atoms with E-state index in [4.69, 9.17) is 37.4 Å². The van der Waals surface area contributed by atoms with Gasteiger partial charge in [-0.05, 0) is 83.2 Å². The first-order valence-electron chi connectivity index (χ1n) is 13.9. The molecule has 2 aliphatic carbocycles. The zero-order chi connectivity index (χ0) is 30.3. The molecule has 0 radical (unpaired) electrons. The summed E-state index contributed by atoms with van der Waals surface area (Å²) in [6.45, 7) is 5.19. The Balaban J connectivity index is 1.20. The number of carbonyl (C=O) groups is 3. The minimum Gasteiger partial charge on any atom is -0.484 e. The van der Waals surface area contributed by atoms with Crippen molar-refractivity contribution in [3.05, 3.63) is 52.3 Å². The van der Waals surface area contributed by atoms with E-state index < -0.39 is 34.6 Å². The number of halogens is 3. The molecule has 5 rings (SSSR count). The summed E-state index contributed by atoms with van der Waals surface area (Å²) in [6, 6.07) is 9.06. The summed E-state index contributed by atoms with van der Waals surface area (Å²) in [4.78, 5) is 40.7. The van der Waals surface area contributed by atoms with Gasteiger partial charge in [-0.15, -0.1) is 0 Å². The predicted molar refractivity (Wildman–Crippen MR) is 156 cm³/mol. The molecule has 1 heterocycles. The van der Waals surface area contributed by atoms with Gasteiger partial charge in [-0.3, -0.25) is 14.4 Å². The molecule has 2 amide bonds. The van der Waals surface area contributed by atoms with Crippen LogP contribution < -0.4 is 25.0 Å². The molecule has 2 bridgehead atoms. The van der Waals surface area contributed by atoms with E-state index in [1.165, 1.54) is 12.1 Å². The Morgan fingerprint density at radius 3 is 2.40 bits per heavy atom. The molecule has 2 aromatic rings. The Labute approximate surface area is 253 Å². The molecule has 0 spiro atoms. The van der Waals surface area contributed by atoms with Crippen molar-refractivity contribution in [3.63, 3.8) is 0 Å². The number of nitrogens with zero attached hydrogens (tertiary/aromatic N) is 1. The van der Waals surface area contributed by atoms with Gasteiger partial charge >= 0.3 is 5.97 Å². The van der Waals surface area contributed by atoms with Crippen molar-refractivity contribution >= 4 is 46.7 Å². The van der Waals surface area contributed by atoms with E-state index in [-0.39, 0.29) is 42.3 Å². The molecule has 3 aliphatic rings. The lowest BCUT2D eigenvalue weighted by atomic mass is 9.91. The Kier molecular flexibility index (Phi) is 8.24. The van der Waals surface area contributed by atoms with Crippen LogP contribution in [0.15, 0.2) is 36.4 Å². The number of ether oxygens (including phenoxy) is 3. The molecular formula is C30H34Cl2FN3O6. The largest absolute Gasteiger partial charge is 0.484 e. The van der Waals surface area contributed by atoms with E-state index in [2.05, 4.69) is 10.6 Å². The van der Waals surface area contributed by atoms with E-state index in [1.54, 1.807) is 43.9 Å². The summed E-state index contributed by atoms with van der Waals surface area (Å²) in [5.74, 6) is -0.999. The summed E-state index contributed by atoms with van der Waals surface area (Å²) in [7, 11) is 0. The van der Waals surface area contributed by atoms with Crippen LogP contribution >= 0.6 is 23.2 Å². The number of fused-ring (bicyclic) bond motifs is 3. The predicted octanol–water partition coefficient (Wildman–Crippen LogP) is 4.81. The first kappa shape index (κ1) is 30.2. The lowest BCUT2D eigenvalue weighted by Crippen LogP contribution is -2.55. The van der Waals surface area contributed by atoms with E-state index in [9.17, 15) is 18.8 Å². The second kappa shape index (κ2) is 11.4. The fraction of sp³-hybridized carbons (Fsp3) is 0.500. The number of hydrogen-bond donors (Lipinski definition) is 2. The monoisotopic (exact) mass is 621 g/mol. The van der Waals surface area contributed by atoms with Crippen molar-refractivity contribution < 1.29 is 33.0 Å². The molecule has 0 aromatic heterocycles. The Bertz CT molecular complexity index is 1390. The highest BCUT2D eigenvalue weighted by Gasteiger charge is 2.56. The van der Waals surface area contributed by atoms with Crippen molar-refractivity contribution in [1.29, 1.82) is 0 Å². The maximum atomic E-state index is 13.7. The molecule has 2 saturated carbocycles. The zero-order valence-electron chi connectivity index (χ0n) is 23.7. The van der Waals surface area contributed by atoms with Gasteiger partial charge in [0, 0.05) is 22.2 Å². The number of esters is 1. The van der Waals surface area contributed by atoms with Crippen molar-refractivity contribution in [2.45, 2.75) is 75.7 Å². The third-order valence-electron chi connectivity index (χ3n) is 7.84. The van der Waals surface area contributed by atoms with Gasteiger partial charge in [0.2, 0.25) is 0 Å². The van der Waals surface area contributed by atoms with Crippen LogP contribution in [0, 0.1) is 5.82 Å². The number of carbonyl (C=O) groups excluding carboxylic acids is 3. The maximum absolute atomic E-state index is 13.7. The van der Waals surface area contributed by atoms with E-state index >= 15 is 0 Å². The van der Waals surface area contributed by atoms with Crippen LogP contribution in [-0.2, 0) is 19.1 Å². The number of nitrogens with one attached hydrogen (secondary N) is 2.